The molecule has 0 saturated carbocycles. The van der Waals surface area contributed by atoms with Crippen LogP contribution in [0.2, 0.25) is 5.02 Å². The Balaban J connectivity index is 2.18. The maximum atomic E-state index is 5.98. The van der Waals surface area contributed by atoms with Crippen LogP contribution in [0.4, 0.5) is 0 Å². The fraction of sp³-hybridized carbons (Fsp3) is 0.235. The van der Waals surface area contributed by atoms with Crippen molar-refractivity contribution in [2.24, 2.45) is 5.73 Å². The molecule has 2 heterocycles. The Morgan fingerprint density at radius 1 is 1.14 bits per heavy atom. The molecule has 0 unspecified atom stereocenters. The van der Waals surface area contributed by atoms with Crippen molar-refractivity contribution < 1.29 is 0 Å². The van der Waals surface area contributed by atoms with Gasteiger partial charge < -0.3 is 10.1 Å². The molecule has 21 heavy (non-hydrogen) atoms. The first-order valence-corrected chi connectivity index (χ1v) is 7.50. The zero-order valence-electron chi connectivity index (χ0n) is 12.0. The summed E-state index contributed by atoms with van der Waals surface area (Å²) < 4.78 is 2.18. The highest BCUT2D eigenvalue weighted by molar-refractivity contribution is 6.30. The topological polar surface area (TPSA) is 43.3 Å². The number of aryl methyl sites for hydroxylation is 2. The molecule has 108 valence electrons. The summed E-state index contributed by atoms with van der Waals surface area (Å²) in [5, 5.41) is 0.738. The number of halogens is 1. The smallest absolute Gasteiger partial charge is 0.137 e. The molecule has 4 heteroatoms. The molecule has 1 aromatic carbocycles. The van der Waals surface area contributed by atoms with Crippen LogP contribution in [0.5, 0.6) is 0 Å². The van der Waals surface area contributed by atoms with Crippen LogP contribution in [-0.4, -0.2) is 15.9 Å². The Kier molecular flexibility index (Phi) is 3.95. The largest absolute Gasteiger partial charge is 0.330 e. The highest BCUT2D eigenvalue weighted by Crippen LogP contribution is 2.27. The van der Waals surface area contributed by atoms with Gasteiger partial charge in [0, 0.05) is 16.8 Å². The van der Waals surface area contributed by atoms with Crippen LogP contribution < -0.4 is 5.73 Å². The van der Waals surface area contributed by atoms with Crippen LogP contribution in [0, 0.1) is 6.92 Å². The average Bonchev–Trinajstić information content (AvgIpc) is 2.83. The van der Waals surface area contributed by atoms with Crippen LogP contribution in [0.3, 0.4) is 0 Å². The second-order valence-corrected chi connectivity index (χ2v) is 5.68. The molecule has 3 nitrogen and oxygen atoms in total. The summed E-state index contributed by atoms with van der Waals surface area (Å²) in [5.74, 6) is 0. The molecular weight excluding hydrogens is 282 g/mol. The quantitative estimate of drug-likeness (QED) is 0.795. The second-order valence-electron chi connectivity index (χ2n) is 5.24. The number of rotatable bonds is 4. The van der Waals surface area contributed by atoms with Gasteiger partial charge in [0.2, 0.25) is 0 Å². The molecule has 2 N–H and O–H groups in total. The highest BCUT2D eigenvalue weighted by atomic mass is 35.5. The minimum Gasteiger partial charge on any atom is -0.330 e. The van der Waals surface area contributed by atoms with Gasteiger partial charge in [0.25, 0.3) is 0 Å². The third-order valence-electron chi connectivity index (χ3n) is 3.60. The van der Waals surface area contributed by atoms with Gasteiger partial charge in [0.15, 0.2) is 0 Å². The fourth-order valence-corrected chi connectivity index (χ4v) is 2.67. The Morgan fingerprint density at radius 3 is 2.62 bits per heavy atom. The molecule has 0 aliphatic rings. The van der Waals surface area contributed by atoms with Gasteiger partial charge in [0.05, 0.1) is 11.4 Å². The zero-order chi connectivity index (χ0) is 14.8. The number of aromatic nitrogens is 2. The lowest BCUT2D eigenvalue weighted by Gasteiger charge is -2.05. The van der Waals surface area contributed by atoms with Crippen LogP contribution in [0.25, 0.3) is 16.9 Å². The summed E-state index contributed by atoms with van der Waals surface area (Å²) in [6.07, 6.45) is 4.00. The number of hydrogen-bond acceptors (Lipinski definition) is 2. The van der Waals surface area contributed by atoms with E-state index in [0.717, 1.165) is 34.8 Å². The number of nitrogens with zero attached hydrogens (tertiary/aromatic N) is 2. The van der Waals surface area contributed by atoms with Gasteiger partial charge in [-0.25, -0.2) is 4.98 Å². The van der Waals surface area contributed by atoms with Crippen molar-refractivity contribution in [3.05, 3.63) is 58.9 Å². The molecule has 0 saturated heterocycles. The van der Waals surface area contributed by atoms with Gasteiger partial charge in [-0.2, -0.15) is 0 Å². The van der Waals surface area contributed by atoms with Crippen molar-refractivity contribution in [1.29, 1.82) is 0 Å². The summed E-state index contributed by atoms with van der Waals surface area (Å²) in [5.41, 5.74) is 11.2. The Morgan fingerprint density at radius 2 is 1.90 bits per heavy atom. The van der Waals surface area contributed by atoms with Crippen molar-refractivity contribution in [2.45, 2.75) is 19.8 Å². The van der Waals surface area contributed by atoms with Crippen LogP contribution in [-0.2, 0) is 6.42 Å². The van der Waals surface area contributed by atoms with Crippen LogP contribution in [0.15, 0.2) is 42.6 Å². The number of benzene rings is 1. The lowest BCUT2D eigenvalue weighted by atomic mass is 10.1. The van der Waals surface area contributed by atoms with Crippen LogP contribution in [0.1, 0.15) is 17.7 Å². The standard InChI is InChI=1S/C17H18ClN3/c1-12-4-9-16-20-17(13-5-7-14(18)8-6-13)15(3-2-10-19)21(16)11-12/h4-9,11H,2-3,10,19H2,1H3. The number of pyridine rings is 1. The van der Waals surface area contributed by atoms with E-state index in [-0.39, 0.29) is 0 Å². The van der Waals surface area contributed by atoms with Gasteiger partial charge in [-0.05, 0) is 50.1 Å². The summed E-state index contributed by atoms with van der Waals surface area (Å²) in [6, 6.07) is 12.0. The lowest BCUT2D eigenvalue weighted by molar-refractivity contribution is 0.803. The van der Waals surface area contributed by atoms with E-state index in [4.69, 9.17) is 22.3 Å². The van der Waals surface area contributed by atoms with E-state index in [0.29, 0.717) is 6.54 Å². The highest BCUT2D eigenvalue weighted by Gasteiger charge is 2.13. The van der Waals surface area contributed by atoms with E-state index in [2.05, 4.69) is 29.7 Å². The first-order chi connectivity index (χ1) is 10.2. The first-order valence-electron chi connectivity index (χ1n) is 7.12. The third kappa shape index (κ3) is 2.80. The maximum absolute atomic E-state index is 5.98. The first kappa shape index (κ1) is 14.1. The SMILES string of the molecule is Cc1ccc2nc(-c3ccc(Cl)cc3)c(CCCN)n2c1. The monoisotopic (exact) mass is 299 g/mol. The molecule has 0 atom stereocenters. The fourth-order valence-electron chi connectivity index (χ4n) is 2.55. The molecule has 0 bridgehead atoms. The molecule has 0 spiro atoms. The summed E-state index contributed by atoms with van der Waals surface area (Å²) in [7, 11) is 0. The van der Waals surface area contributed by atoms with Crippen molar-refractivity contribution >= 4 is 17.2 Å². The van der Waals surface area contributed by atoms with Gasteiger partial charge in [0.1, 0.15) is 5.65 Å². The van der Waals surface area contributed by atoms with Crippen molar-refractivity contribution in [2.75, 3.05) is 6.54 Å². The summed E-state index contributed by atoms with van der Waals surface area (Å²) in [6.45, 7) is 2.77. The van der Waals surface area contributed by atoms with E-state index in [9.17, 15) is 0 Å². The minimum atomic E-state index is 0.680. The molecule has 0 aliphatic heterocycles. The van der Waals surface area contributed by atoms with E-state index < -0.39 is 0 Å². The van der Waals surface area contributed by atoms with Crippen LogP contribution >= 0.6 is 11.6 Å². The van der Waals surface area contributed by atoms with E-state index in [1.807, 2.05) is 24.3 Å². The molecule has 0 radical (unpaired) electrons. The maximum Gasteiger partial charge on any atom is 0.137 e. The summed E-state index contributed by atoms with van der Waals surface area (Å²) >= 11 is 5.98. The van der Waals surface area contributed by atoms with Crippen molar-refractivity contribution in [3.8, 4) is 11.3 Å². The lowest BCUT2D eigenvalue weighted by Crippen LogP contribution is -2.03. The van der Waals surface area contributed by atoms with Gasteiger partial charge >= 0.3 is 0 Å². The Labute approximate surface area is 129 Å². The third-order valence-corrected chi connectivity index (χ3v) is 3.85. The Bertz CT molecular complexity index is 760. The van der Waals surface area contributed by atoms with E-state index in [1.165, 1.54) is 11.3 Å². The molecule has 0 amide bonds. The van der Waals surface area contributed by atoms with Crippen molar-refractivity contribution in [1.82, 2.24) is 9.38 Å². The summed E-state index contributed by atoms with van der Waals surface area (Å²) in [4.78, 5) is 4.79. The molecule has 0 aliphatic carbocycles. The molecule has 0 fully saturated rings. The number of fused-ring (bicyclic) bond motifs is 1. The predicted octanol–water partition coefficient (Wildman–Crippen LogP) is 3.85. The number of nitrogens with two attached hydrogens (primary N) is 1. The zero-order valence-corrected chi connectivity index (χ0v) is 12.8. The van der Waals surface area contributed by atoms with Gasteiger partial charge in [-0.15, -0.1) is 0 Å². The molecular formula is C17H18ClN3. The van der Waals surface area contributed by atoms with Crippen molar-refractivity contribution in [3.63, 3.8) is 0 Å². The molecule has 3 rings (SSSR count). The normalized spacial score (nSPS) is 11.2. The minimum absolute atomic E-state index is 0.680. The Hall–Kier alpha value is -1.84. The van der Waals surface area contributed by atoms with Gasteiger partial charge in [-0.3, -0.25) is 0 Å². The molecule has 3 aromatic rings. The van der Waals surface area contributed by atoms with E-state index >= 15 is 0 Å². The van der Waals surface area contributed by atoms with E-state index in [1.54, 1.807) is 0 Å². The molecule has 2 aromatic heterocycles. The number of hydrogen-bond donors (Lipinski definition) is 1. The van der Waals surface area contributed by atoms with Gasteiger partial charge in [-0.1, -0.05) is 29.8 Å². The average molecular weight is 300 g/mol. The second kappa shape index (κ2) is 5.88. The number of imidazole rings is 1. The predicted molar refractivity (Wildman–Crippen MR) is 87.8 cm³/mol.